The van der Waals surface area contributed by atoms with Crippen LogP contribution >= 0.6 is 0 Å². The summed E-state index contributed by atoms with van der Waals surface area (Å²) in [6, 6.07) is 6.45. The van der Waals surface area contributed by atoms with Gasteiger partial charge in [-0.2, -0.15) is 0 Å². The van der Waals surface area contributed by atoms with E-state index in [0.29, 0.717) is 6.61 Å². The Morgan fingerprint density at radius 3 is 2.57 bits per heavy atom. The second-order valence-electron chi connectivity index (χ2n) is 5.44. The Balaban J connectivity index is 1.79. The molecule has 2 unspecified atom stereocenters. The van der Waals surface area contributed by atoms with Crippen LogP contribution in [0.15, 0.2) is 24.3 Å². The Kier molecular flexibility index (Phi) is 4.54. The van der Waals surface area contributed by atoms with Crippen molar-refractivity contribution in [2.45, 2.75) is 36.5 Å². The average Bonchev–Trinajstić information content (AvgIpc) is 2.48. The topological polar surface area (TPSA) is 138 Å². The first-order chi connectivity index (χ1) is 10.9. The normalized spacial score (nSPS) is 40.5. The molecule has 0 saturated carbocycles. The Morgan fingerprint density at radius 1 is 1.22 bits per heavy atom. The minimum atomic E-state index is -2.62. The summed E-state index contributed by atoms with van der Waals surface area (Å²) < 4.78 is 10.3. The molecule has 23 heavy (non-hydrogen) atoms. The van der Waals surface area contributed by atoms with E-state index in [0.717, 1.165) is 5.56 Å². The van der Waals surface area contributed by atoms with Gasteiger partial charge in [-0.3, -0.25) is 0 Å². The molecule has 0 spiro atoms. The van der Waals surface area contributed by atoms with Crippen LogP contribution in [0.1, 0.15) is 11.7 Å². The van der Waals surface area contributed by atoms with Crippen LogP contribution in [0.2, 0.25) is 0 Å². The summed E-state index contributed by atoms with van der Waals surface area (Å²) in [6.45, 7) is -0.297. The second-order valence-corrected chi connectivity index (χ2v) is 5.44. The van der Waals surface area contributed by atoms with E-state index < -0.39 is 37.0 Å². The number of hydrogen-bond donors (Lipinski definition) is 5. The maximum atomic E-state index is 10.4. The minimum Gasteiger partial charge on any atom is -0.437 e. The third-order valence-electron chi connectivity index (χ3n) is 3.83. The molecule has 0 radical (unpaired) electrons. The molecule has 2 heterocycles. The zero-order valence-corrected chi connectivity index (χ0v) is 12.0. The summed E-state index contributed by atoms with van der Waals surface area (Å²) in [7, 11) is 0. The lowest BCUT2D eigenvalue weighted by molar-refractivity contribution is -0.429. The van der Waals surface area contributed by atoms with E-state index in [9.17, 15) is 20.4 Å². The quantitative estimate of drug-likeness (QED) is 0.319. The molecule has 9 heteroatoms. The van der Waals surface area contributed by atoms with Gasteiger partial charge >= 0.3 is 5.97 Å². The number of aliphatic hydroxyl groups excluding tert-OH is 4. The van der Waals surface area contributed by atoms with Gasteiger partial charge in [0.2, 0.25) is 0 Å². The van der Waals surface area contributed by atoms with Crippen LogP contribution in [0.3, 0.4) is 0 Å². The van der Waals surface area contributed by atoms with E-state index in [-0.39, 0.29) is 11.9 Å². The Morgan fingerprint density at radius 2 is 1.96 bits per heavy atom. The van der Waals surface area contributed by atoms with Crippen molar-refractivity contribution in [3.63, 3.8) is 0 Å². The van der Waals surface area contributed by atoms with Crippen LogP contribution in [0.25, 0.3) is 0 Å². The zero-order valence-electron chi connectivity index (χ0n) is 12.0. The summed E-state index contributed by atoms with van der Waals surface area (Å²) in [6.07, 6.45) is -6.83. The molecule has 0 aliphatic carbocycles. The van der Waals surface area contributed by atoms with Gasteiger partial charge in [0.25, 0.3) is 0 Å². The lowest BCUT2D eigenvalue weighted by Crippen LogP contribution is -2.67. The third-order valence-corrected chi connectivity index (χ3v) is 3.83. The SMILES string of the molecule is OC[C@H]1OC(O)(Oc2cccc(C3COO3)c2)[C@H](O)[C@@H](O)[C@H]1O. The predicted octanol–water partition coefficient (Wildman–Crippen LogP) is -1.81. The number of rotatable bonds is 4. The molecule has 2 aliphatic heterocycles. The van der Waals surface area contributed by atoms with Crippen molar-refractivity contribution >= 4 is 0 Å². The van der Waals surface area contributed by atoms with Crippen molar-refractivity contribution in [2.75, 3.05) is 13.2 Å². The zero-order chi connectivity index (χ0) is 16.6. The molecule has 2 aliphatic rings. The van der Waals surface area contributed by atoms with Gasteiger partial charge in [-0.1, -0.05) is 12.1 Å². The smallest absolute Gasteiger partial charge is 0.355 e. The number of benzene rings is 1. The van der Waals surface area contributed by atoms with Crippen molar-refractivity contribution in [3.05, 3.63) is 29.8 Å². The second kappa shape index (κ2) is 6.30. The lowest BCUT2D eigenvalue weighted by Gasteiger charge is -2.44. The first-order valence-electron chi connectivity index (χ1n) is 7.07. The number of hydrogen-bond acceptors (Lipinski definition) is 9. The van der Waals surface area contributed by atoms with Crippen LogP contribution in [0.5, 0.6) is 5.75 Å². The van der Waals surface area contributed by atoms with Gasteiger partial charge in [-0.15, -0.1) is 0 Å². The molecule has 2 saturated heterocycles. The van der Waals surface area contributed by atoms with Crippen molar-refractivity contribution in [1.82, 2.24) is 0 Å². The van der Waals surface area contributed by atoms with E-state index >= 15 is 0 Å². The standard InChI is InChI=1S/C14H18O9/c15-5-9-11(16)12(17)13(18)14(19,22-9)21-8-3-1-2-7(4-8)10-6-20-23-10/h1-4,9-13,15-19H,5-6H2/t9-,10?,11+,12+,13-,14?/m1/s1. The summed E-state index contributed by atoms with van der Waals surface area (Å²) in [5, 5.41) is 48.9. The van der Waals surface area contributed by atoms with Gasteiger partial charge < -0.3 is 35.0 Å². The summed E-state index contributed by atoms with van der Waals surface area (Å²) in [5.74, 6) is -2.48. The molecule has 1 aromatic carbocycles. The summed E-state index contributed by atoms with van der Waals surface area (Å²) >= 11 is 0. The van der Waals surface area contributed by atoms with E-state index in [2.05, 4.69) is 4.89 Å². The maximum absolute atomic E-state index is 10.4. The van der Waals surface area contributed by atoms with Gasteiger partial charge in [-0.05, 0) is 17.7 Å². The summed E-state index contributed by atoms with van der Waals surface area (Å²) in [4.78, 5) is 9.50. The average molecular weight is 330 g/mol. The molecule has 128 valence electrons. The molecule has 6 atom stereocenters. The van der Waals surface area contributed by atoms with Crippen LogP contribution < -0.4 is 4.74 Å². The first kappa shape index (κ1) is 16.6. The number of aliphatic hydroxyl groups is 5. The fourth-order valence-corrected chi connectivity index (χ4v) is 2.44. The van der Waals surface area contributed by atoms with Gasteiger partial charge in [0.15, 0.2) is 6.10 Å². The lowest BCUT2D eigenvalue weighted by atomic mass is 9.98. The van der Waals surface area contributed by atoms with Crippen LogP contribution in [-0.2, 0) is 14.5 Å². The van der Waals surface area contributed by atoms with E-state index in [1.165, 1.54) is 6.07 Å². The van der Waals surface area contributed by atoms with Crippen molar-refractivity contribution in [1.29, 1.82) is 0 Å². The molecule has 0 bridgehead atoms. The van der Waals surface area contributed by atoms with Crippen molar-refractivity contribution in [2.24, 2.45) is 0 Å². The molecule has 1 aromatic rings. The Hall–Kier alpha value is -1.30. The highest BCUT2D eigenvalue weighted by Crippen LogP contribution is 2.33. The van der Waals surface area contributed by atoms with E-state index in [4.69, 9.17) is 19.5 Å². The van der Waals surface area contributed by atoms with Crippen molar-refractivity contribution < 1.29 is 44.8 Å². The molecule has 0 aromatic heterocycles. The Bertz CT molecular complexity index is 547. The monoisotopic (exact) mass is 330 g/mol. The van der Waals surface area contributed by atoms with Gasteiger partial charge in [0, 0.05) is 0 Å². The molecular weight excluding hydrogens is 312 g/mol. The van der Waals surface area contributed by atoms with Crippen LogP contribution in [-0.4, -0.2) is 69.1 Å². The molecule has 2 fully saturated rings. The van der Waals surface area contributed by atoms with E-state index in [1.54, 1.807) is 18.2 Å². The van der Waals surface area contributed by atoms with Crippen molar-refractivity contribution in [3.8, 4) is 5.75 Å². The predicted molar refractivity (Wildman–Crippen MR) is 71.8 cm³/mol. The highest BCUT2D eigenvalue weighted by atomic mass is 17.2. The van der Waals surface area contributed by atoms with Gasteiger partial charge in [0.1, 0.15) is 36.8 Å². The molecule has 9 nitrogen and oxygen atoms in total. The number of ether oxygens (including phenoxy) is 2. The fourth-order valence-electron chi connectivity index (χ4n) is 2.44. The van der Waals surface area contributed by atoms with Gasteiger partial charge in [-0.25, -0.2) is 9.78 Å². The molecule has 0 amide bonds. The maximum Gasteiger partial charge on any atom is 0.355 e. The van der Waals surface area contributed by atoms with Gasteiger partial charge in [0.05, 0.1) is 6.61 Å². The molecule has 3 rings (SSSR count). The highest BCUT2D eigenvalue weighted by molar-refractivity contribution is 5.30. The first-order valence-corrected chi connectivity index (χ1v) is 7.07. The largest absolute Gasteiger partial charge is 0.437 e. The Labute approximate surface area is 131 Å². The minimum absolute atomic E-state index is 0.139. The van der Waals surface area contributed by atoms with Crippen LogP contribution in [0, 0.1) is 0 Å². The highest BCUT2D eigenvalue weighted by Gasteiger charge is 2.55. The van der Waals surface area contributed by atoms with Crippen LogP contribution in [0.4, 0.5) is 0 Å². The fraction of sp³-hybridized carbons (Fsp3) is 0.571. The molecule has 5 N–H and O–H groups in total. The third kappa shape index (κ3) is 3.05. The van der Waals surface area contributed by atoms with E-state index in [1.807, 2.05) is 0 Å². The summed E-state index contributed by atoms with van der Waals surface area (Å²) in [5.41, 5.74) is 0.724. The molecular formula is C14H18O9.